The van der Waals surface area contributed by atoms with Gasteiger partial charge in [0.25, 0.3) is 7.82 Å². The molecule has 0 rings (SSSR count). The first kappa shape index (κ1) is 25.9. The molecule has 0 aromatic heterocycles. The van der Waals surface area contributed by atoms with Gasteiger partial charge in [0.2, 0.25) is 0 Å². The molecule has 0 spiro atoms. The van der Waals surface area contributed by atoms with Crippen molar-refractivity contribution in [1.82, 2.24) is 0 Å². The Labute approximate surface area is 144 Å². The zero-order valence-electron chi connectivity index (χ0n) is 11.1. The van der Waals surface area contributed by atoms with E-state index in [0.717, 1.165) is 0 Å². The first-order valence-electron chi connectivity index (χ1n) is 4.91. The smallest absolute Gasteiger partial charge is 0.756 e. The molecule has 0 bridgehead atoms. The summed E-state index contributed by atoms with van der Waals surface area (Å²) in [5.74, 6) is -9.79. The van der Waals surface area contributed by atoms with E-state index in [0.29, 0.717) is 0 Å². The van der Waals surface area contributed by atoms with Crippen LogP contribution < -0.4 is 34.5 Å². The van der Waals surface area contributed by atoms with Gasteiger partial charge in [-0.05, 0) is 0 Å². The fourth-order valence-electron chi connectivity index (χ4n) is 1.18. The molecule has 12 nitrogen and oxygen atoms in total. The fraction of sp³-hybridized carbons (Fsp3) is 0.500. The minimum absolute atomic E-state index is 0. The average molecular weight is 354 g/mol. The Bertz CT molecular complexity index is 416. The summed E-state index contributed by atoms with van der Waals surface area (Å²) in [4.78, 5) is 64.9. The molecule has 0 saturated heterocycles. The van der Waals surface area contributed by atoms with Gasteiger partial charge in [0.05, 0.1) is 24.7 Å². The van der Waals surface area contributed by atoms with Crippen LogP contribution in [0.3, 0.4) is 0 Å². The Morgan fingerprint density at radius 2 is 1.00 bits per heavy atom. The van der Waals surface area contributed by atoms with E-state index in [1.165, 1.54) is 0 Å². The number of carboxylic acids is 4. The third kappa shape index (κ3) is 17.0. The molecule has 14 heteroatoms. The molecule has 0 saturated carbocycles. The number of aliphatic carboxylic acids is 4. The second kappa shape index (κ2) is 11.5. The van der Waals surface area contributed by atoms with E-state index in [9.17, 15) is 19.2 Å². The summed E-state index contributed by atoms with van der Waals surface area (Å²) in [6.45, 7) is 0. The van der Waals surface area contributed by atoms with E-state index in [1.807, 2.05) is 0 Å². The van der Waals surface area contributed by atoms with Gasteiger partial charge in [-0.1, -0.05) is 0 Å². The number of hydrogen-bond acceptors (Lipinski definition) is 6. The van der Waals surface area contributed by atoms with E-state index >= 15 is 0 Å². The summed E-state index contributed by atoms with van der Waals surface area (Å²) in [7, 11) is -4.89. The third-order valence-electron chi connectivity index (χ3n) is 1.91. The van der Waals surface area contributed by atoms with Crippen molar-refractivity contribution in [3.63, 3.8) is 0 Å². The maximum absolute atomic E-state index is 10.6. The molecule has 0 aromatic rings. The van der Waals surface area contributed by atoms with Crippen LogP contribution in [-0.4, -0.2) is 54.1 Å². The molecule has 22 heavy (non-hydrogen) atoms. The Morgan fingerprint density at radius 3 is 1.09 bits per heavy atom. The minimum atomic E-state index is -4.89. The Morgan fingerprint density at radius 1 is 0.818 bits per heavy atom. The summed E-state index contributed by atoms with van der Waals surface area (Å²) in [6.07, 6.45) is -1.86. The summed E-state index contributed by atoms with van der Waals surface area (Å²) in [6, 6.07) is 0. The molecule has 0 heterocycles. The van der Waals surface area contributed by atoms with Crippen LogP contribution in [0.5, 0.6) is 0 Å². The summed E-state index contributed by atoms with van der Waals surface area (Å²) < 4.78 is 8.77. The molecular weight excluding hydrogens is 342 g/mol. The molecule has 0 aliphatic heterocycles. The molecule has 6 N–H and O–H groups in total. The first-order valence-corrected chi connectivity index (χ1v) is 6.44. The molecule has 0 aliphatic carbocycles. The third-order valence-corrected chi connectivity index (χ3v) is 1.91. The Balaban J connectivity index is -0.000000520. The quantitative estimate of drug-likeness (QED) is 0.186. The second-order valence-electron chi connectivity index (χ2n) is 3.58. The molecule has 2 unspecified atom stereocenters. The minimum Gasteiger partial charge on any atom is -0.756 e. The van der Waals surface area contributed by atoms with Crippen LogP contribution in [-0.2, 0) is 23.7 Å². The van der Waals surface area contributed by atoms with E-state index in [2.05, 4.69) is 0 Å². The predicted molar refractivity (Wildman–Crippen MR) is 58.8 cm³/mol. The number of carboxylic acid groups (broad SMARTS) is 4. The van der Waals surface area contributed by atoms with Crippen molar-refractivity contribution in [3.05, 3.63) is 0 Å². The molecule has 122 valence electrons. The number of carbonyl (C=O) groups is 4. The van der Waals surface area contributed by atoms with Crippen molar-refractivity contribution >= 4 is 31.7 Å². The second-order valence-corrected chi connectivity index (χ2v) is 4.56. The van der Waals surface area contributed by atoms with Gasteiger partial charge in [0.15, 0.2) is 0 Å². The maximum atomic E-state index is 10.6. The van der Waals surface area contributed by atoms with Crippen LogP contribution in [0, 0.1) is 11.8 Å². The number of phosphoric acid groups is 1. The van der Waals surface area contributed by atoms with Crippen LogP contribution in [0.25, 0.3) is 0 Å². The van der Waals surface area contributed by atoms with Gasteiger partial charge in [0, 0.05) is 0 Å². The van der Waals surface area contributed by atoms with Gasteiger partial charge in [-0.3, -0.25) is 23.7 Å². The first-order chi connectivity index (χ1) is 9.25. The molecule has 0 aromatic carbocycles. The molecule has 0 aliphatic rings. The normalized spacial score (nSPS) is 12.7. The number of hydrogen-bond donors (Lipinski definition) is 6. The van der Waals surface area contributed by atoms with Gasteiger partial charge < -0.3 is 35.1 Å². The van der Waals surface area contributed by atoms with Crippen LogP contribution in [0.1, 0.15) is 12.8 Å². The van der Waals surface area contributed by atoms with Crippen molar-refractivity contribution in [2.24, 2.45) is 11.8 Å². The van der Waals surface area contributed by atoms with Gasteiger partial charge in [-0.25, -0.2) is 0 Å². The largest absolute Gasteiger partial charge is 1.00 e. The molecule has 0 fully saturated rings. The van der Waals surface area contributed by atoms with Gasteiger partial charge in [0.1, 0.15) is 0 Å². The van der Waals surface area contributed by atoms with Crippen molar-refractivity contribution in [3.8, 4) is 0 Å². The van der Waals surface area contributed by atoms with Crippen molar-refractivity contribution < 1.29 is 88.4 Å². The zero-order chi connectivity index (χ0) is 17.4. The van der Waals surface area contributed by atoms with Crippen LogP contribution in [0.2, 0.25) is 0 Å². The zero-order valence-corrected chi connectivity index (χ0v) is 14.0. The summed E-state index contributed by atoms with van der Waals surface area (Å²) in [5, 5.41) is 34.1. The van der Waals surface area contributed by atoms with Gasteiger partial charge in [-0.15, -0.1) is 0 Å². The summed E-state index contributed by atoms with van der Waals surface area (Å²) >= 11 is 0. The van der Waals surface area contributed by atoms with Crippen molar-refractivity contribution in [1.29, 1.82) is 0 Å². The molecule has 2 atom stereocenters. The van der Waals surface area contributed by atoms with Crippen LogP contribution in [0.15, 0.2) is 0 Å². The standard InChI is InChI=1S/C8H10O8.Na.H3O4P/c9-5(10)1-3(7(13)14)4(8(15)16)2-6(11)12;;1-5(2,3)4/h3-4H,1-2H2,(H,9,10)(H,11,12)(H,13,14)(H,15,16);;(H3,1,2,3,4)/q;+1;/p-1. The Hall–Kier alpha value is -1.01. The van der Waals surface area contributed by atoms with E-state index < -0.39 is 56.4 Å². The average Bonchev–Trinajstić information content (AvgIpc) is 2.19. The van der Waals surface area contributed by atoms with Crippen LogP contribution in [0.4, 0.5) is 0 Å². The van der Waals surface area contributed by atoms with E-state index in [4.69, 9.17) is 39.7 Å². The van der Waals surface area contributed by atoms with Crippen molar-refractivity contribution in [2.45, 2.75) is 12.8 Å². The van der Waals surface area contributed by atoms with Gasteiger partial charge >= 0.3 is 53.4 Å². The SMILES string of the molecule is O=C(O)CC(C(=O)O)C(CC(=O)O)C(=O)O.O=P([O-])(O)O.[Na+]. The van der Waals surface area contributed by atoms with Crippen molar-refractivity contribution in [2.75, 3.05) is 0 Å². The Kier molecular flexibility index (Phi) is 13.6. The predicted octanol–water partition coefficient (Wildman–Crippen LogP) is -5.22. The molecule has 0 amide bonds. The summed E-state index contributed by atoms with van der Waals surface area (Å²) in [5.41, 5.74) is 0. The molecule has 0 radical (unpaired) electrons. The fourth-order valence-corrected chi connectivity index (χ4v) is 1.18. The molecular formula is C8H12NaO12P. The number of rotatable bonds is 7. The monoisotopic (exact) mass is 354 g/mol. The van der Waals surface area contributed by atoms with Gasteiger partial charge in [-0.2, -0.15) is 0 Å². The van der Waals surface area contributed by atoms with E-state index in [1.54, 1.807) is 0 Å². The topological polar surface area (TPSA) is 230 Å². The van der Waals surface area contributed by atoms with Crippen LogP contribution >= 0.6 is 7.82 Å². The van der Waals surface area contributed by atoms with E-state index in [-0.39, 0.29) is 29.6 Å². The maximum Gasteiger partial charge on any atom is 1.00 e.